The van der Waals surface area contributed by atoms with Crippen molar-refractivity contribution < 1.29 is 9.47 Å². The molecule has 3 N–H and O–H groups in total. The van der Waals surface area contributed by atoms with Crippen molar-refractivity contribution in [2.24, 2.45) is 16.1 Å². The van der Waals surface area contributed by atoms with Crippen molar-refractivity contribution in [3.05, 3.63) is 0 Å². The zero-order valence-corrected chi connectivity index (χ0v) is 16.3. The second kappa shape index (κ2) is 9.84. The van der Waals surface area contributed by atoms with Crippen molar-refractivity contribution in [2.45, 2.75) is 65.1 Å². The summed E-state index contributed by atoms with van der Waals surface area (Å²) >= 11 is 0. The SMILES string of the molecule is CCOC1CC(N=C(N)NC(C)COC)C1(CC)CC.I. The number of methoxy groups -OCH3 is 1. The molecule has 3 unspecified atom stereocenters. The van der Waals surface area contributed by atoms with Gasteiger partial charge < -0.3 is 20.5 Å². The van der Waals surface area contributed by atoms with Crippen molar-refractivity contribution in [3.63, 3.8) is 0 Å². The first-order valence-corrected chi connectivity index (χ1v) is 7.74. The summed E-state index contributed by atoms with van der Waals surface area (Å²) in [5, 5.41) is 3.17. The van der Waals surface area contributed by atoms with Gasteiger partial charge in [-0.3, -0.25) is 0 Å². The van der Waals surface area contributed by atoms with Crippen LogP contribution in [-0.4, -0.2) is 44.5 Å². The molecule has 3 atom stereocenters. The topological polar surface area (TPSA) is 68.9 Å². The molecule has 1 aliphatic rings. The van der Waals surface area contributed by atoms with Crippen LogP contribution in [0.25, 0.3) is 0 Å². The third-order valence-electron chi connectivity index (χ3n) is 4.53. The standard InChI is InChI=1S/C15H31N3O2.HI/c1-6-15(7-2)12(9-13(15)20-8-3)18-14(16)17-11(4)10-19-5;/h11-13H,6-10H2,1-5H3,(H3,16,17,18);1H. The lowest BCUT2D eigenvalue weighted by Gasteiger charge is -2.53. The predicted molar refractivity (Wildman–Crippen MR) is 98.3 cm³/mol. The highest BCUT2D eigenvalue weighted by Gasteiger charge is 2.53. The third-order valence-corrected chi connectivity index (χ3v) is 4.53. The summed E-state index contributed by atoms with van der Waals surface area (Å²) in [4.78, 5) is 4.68. The summed E-state index contributed by atoms with van der Waals surface area (Å²) in [5.41, 5.74) is 6.15. The van der Waals surface area contributed by atoms with Crippen LogP contribution in [0.15, 0.2) is 4.99 Å². The van der Waals surface area contributed by atoms with Gasteiger partial charge >= 0.3 is 0 Å². The fraction of sp³-hybridized carbons (Fsp3) is 0.933. The van der Waals surface area contributed by atoms with Gasteiger partial charge in [-0.05, 0) is 33.1 Å². The summed E-state index contributed by atoms with van der Waals surface area (Å²) in [5.74, 6) is 0.515. The minimum absolute atomic E-state index is 0. The van der Waals surface area contributed by atoms with Crippen LogP contribution in [0.5, 0.6) is 0 Å². The van der Waals surface area contributed by atoms with Gasteiger partial charge in [-0.1, -0.05) is 13.8 Å². The molecule has 21 heavy (non-hydrogen) atoms. The highest BCUT2D eigenvalue weighted by molar-refractivity contribution is 14.0. The Kier molecular flexibility index (Phi) is 9.80. The van der Waals surface area contributed by atoms with Gasteiger partial charge in [0.2, 0.25) is 0 Å². The van der Waals surface area contributed by atoms with E-state index in [1.165, 1.54) is 0 Å². The van der Waals surface area contributed by atoms with Crippen LogP contribution in [0.1, 0.15) is 47.0 Å². The fourth-order valence-electron chi connectivity index (χ4n) is 3.27. The largest absolute Gasteiger partial charge is 0.383 e. The lowest BCUT2D eigenvalue weighted by molar-refractivity contribution is -0.127. The number of nitrogens with one attached hydrogen (secondary N) is 1. The molecule has 1 fully saturated rings. The van der Waals surface area contributed by atoms with Gasteiger partial charge in [0.25, 0.3) is 0 Å². The zero-order chi connectivity index (χ0) is 15.2. The van der Waals surface area contributed by atoms with E-state index < -0.39 is 0 Å². The third kappa shape index (κ3) is 4.96. The number of halogens is 1. The van der Waals surface area contributed by atoms with E-state index in [0.29, 0.717) is 18.7 Å². The molecule has 0 spiro atoms. The van der Waals surface area contributed by atoms with Crippen LogP contribution >= 0.6 is 24.0 Å². The average molecular weight is 413 g/mol. The quantitative estimate of drug-likeness (QED) is 0.365. The van der Waals surface area contributed by atoms with Crippen LogP contribution in [0.4, 0.5) is 0 Å². The van der Waals surface area contributed by atoms with Crippen molar-refractivity contribution in [3.8, 4) is 0 Å². The van der Waals surface area contributed by atoms with E-state index in [4.69, 9.17) is 15.2 Å². The van der Waals surface area contributed by atoms with Crippen LogP contribution in [-0.2, 0) is 9.47 Å². The number of nitrogens with zero attached hydrogens (tertiary/aromatic N) is 1. The van der Waals surface area contributed by atoms with E-state index in [2.05, 4.69) is 31.1 Å². The van der Waals surface area contributed by atoms with Gasteiger partial charge in [-0.15, -0.1) is 24.0 Å². The number of guanidine groups is 1. The van der Waals surface area contributed by atoms with Gasteiger partial charge in [0, 0.05) is 25.2 Å². The van der Waals surface area contributed by atoms with Gasteiger partial charge in [-0.2, -0.15) is 0 Å². The lowest BCUT2D eigenvalue weighted by Crippen LogP contribution is -2.58. The first kappa shape index (κ1) is 20.9. The second-order valence-corrected chi connectivity index (χ2v) is 5.65. The van der Waals surface area contributed by atoms with E-state index in [-0.39, 0.29) is 41.5 Å². The molecule has 5 nitrogen and oxygen atoms in total. The van der Waals surface area contributed by atoms with E-state index in [1.54, 1.807) is 7.11 Å². The zero-order valence-electron chi connectivity index (χ0n) is 14.0. The highest BCUT2D eigenvalue weighted by Crippen LogP contribution is 2.50. The first-order chi connectivity index (χ1) is 9.53. The second-order valence-electron chi connectivity index (χ2n) is 5.65. The van der Waals surface area contributed by atoms with Crippen molar-refractivity contribution >= 4 is 29.9 Å². The molecule has 1 aliphatic carbocycles. The Morgan fingerprint density at radius 1 is 1.38 bits per heavy atom. The summed E-state index contributed by atoms with van der Waals surface area (Å²) in [6.45, 7) is 9.90. The van der Waals surface area contributed by atoms with Crippen molar-refractivity contribution in [1.82, 2.24) is 5.32 Å². The van der Waals surface area contributed by atoms with Gasteiger partial charge in [0.05, 0.1) is 18.8 Å². The Morgan fingerprint density at radius 3 is 2.48 bits per heavy atom. The van der Waals surface area contributed by atoms with E-state index >= 15 is 0 Å². The van der Waals surface area contributed by atoms with Gasteiger partial charge in [0.15, 0.2) is 5.96 Å². The Balaban J connectivity index is 0.00000400. The van der Waals surface area contributed by atoms with Crippen LogP contribution in [0, 0.1) is 5.41 Å². The molecule has 6 heteroatoms. The lowest BCUT2D eigenvalue weighted by atomic mass is 9.59. The minimum atomic E-state index is 0. The summed E-state index contributed by atoms with van der Waals surface area (Å²) in [6, 6.07) is 0.431. The Morgan fingerprint density at radius 2 is 2.00 bits per heavy atom. The molecule has 0 amide bonds. The maximum Gasteiger partial charge on any atom is 0.189 e. The molecule has 0 aromatic rings. The molecule has 0 radical (unpaired) electrons. The molecule has 1 saturated carbocycles. The number of hydrogen-bond acceptors (Lipinski definition) is 3. The van der Waals surface area contributed by atoms with Crippen molar-refractivity contribution in [1.29, 1.82) is 0 Å². The normalized spacial score (nSPS) is 25.7. The first-order valence-electron chi connectivity index (χ1n) is 7.74. The Labute approximate surface area is 146 Å². The monoisotopic (exact) mass is 413 g/mol. The van der Waals surface area contributed by atoms with Crippen LogP contribution < -0.4 is 11.1 Å². The number of nitrogens with two attached hydrogens (primary N) is 1. The maximum atomic E-state index is 6.01. The van der Waals surface area contributed by atoms with Crippen LogP contribution in [0.3, 0.4) is 0 Å². The molecule has 0 bridgehead atoms. The van der Waals surface area contributed by atoms with E-state index in [1.807, 2.05) is 6.92 Å². The number of hydrogen-bond donors (Lipinski definition) is 2. The Hall–Kier alpha value is -0.0800. The number of aliphatic imine (C=N–C) groups is 1. The van der Waals surface area contributed by atoms with Gasteiger partial charge in [-0.25, -0.2) is 4.99 Å². The molecule has 0 saturated heterocycles. The van der Waals surface area contributed by atoms with Crippen molar-refractivity contribution in [2.75, 3.05) is 20.3 Å². The number of ether oxygens (including phenoxy) is 2. The predicted octanol–water partition coefficient (Wildman–Crippen LogP) is 2.53. The van der Waals surface area contributed by atoms with E-state index in [9.17, 15) is 0 Å². The summed E-state index contributed by atoms with van der Waals surface area (Å²) in [7, 11) is 1.68. The fourth-order valence-corrected chi connectivity index (χ4v) is 3.27. The average Bonchev–Trinajstić information content (AvgIpc) is 2.39. The molecule has 126 valence electrons. The summed E-state index contributed by atoms with van der Waals surface area (Å²) < 4.78 is 10.9. The Bertz CT molecular complexity index is 322. The summed E-state index contributed by atoms with van der Waals surface area (Å²) in [6.07, 6.45) is 3.43. The minimum Gasteiger partial charge on any atom is -0.383 e. The van der Waals surface area contributed by atoms with E-state index in [0.717, 1.165) is 25.9 Å². The molecule has 0 heterocycles. The highest BCUT2D eigenvalue weighted by atomic mass is 127. The van der Waals surface area contributed by atoms with Gasteiger partial charge in [0.1, 0.15) is 0 Å². The molecular formula is C15H32IN3O2. The van der Waals surface area contributed by atoms with Crippen LogP contribution in [0.2, 0.25) is 0 Å². The smallest absolute Gasteiger partial charge is 0.189 e. The molecular weight excluding hydrogens is 381 g/mol. The molecule has 0 aromatic heterocycles. The molecule has 0 aromatic carbocycles. The maximum absolute atomic E-state index is 6.01. The molecule has 1 rings (SSSR count). The number of rotatable bonds is 8. The molecule has 0 aliphatic heterocycles.